The van der Waals surface area contributed by atoms with E-state index in [4.69, 9.17) is 0 Å². The van der Waals surface area contributed by atoms with Crippen LogP contribution in [0.15, 0.2) is 60.2 Å². The van der Waals surface area contributed by atoms with E-state index in [1.165, 1.54) is 147 Å². The van der Waals surface area contributed by atoms with Gasteiger partial charge in [-0.15, -0.1) is 0 Å². The summed E-state index contributed by atoms with van der Waals surface area (Å²) in [5.41, 5.74) is 19.4. The van der Waals surface area contributed by atoms with Crippen LogP contribution in [0, 0.1) is 0 Å². The van der Waals surface area contributed by atoms with E-state index >= 15 is 0 Å². The maximum atomic E-state index is 11.3. The Morgan fingerprint density at radius 3 is 1.47 bits per heavy atom. The molecule has 0 amide bonds. The molecule has 0 spiro atoms. The molecule has 0 radical (unpaired) electrons. The Kier molecular flexibility index (Phi) is 23.8. The first-order valence-corrected chi connectivity index (χ1v) is 21.9. The summed E-state index contributed by atoms with van der Waals surface area (Å²) in [4.78, 5) is 3.04. The van der Waals surface area contributed by atoms with Gasteiger partial charge in [-0.3, -0.25) is 0 Å². The Hall–Kier alpha value is -1.82. The van der Waals surface area contributed by atoms with Crippen molar-refractivity contribution in [3.8, 4) is 0 Å². The number of rotatable bonds is 25. The van der Waals surface area contributed by atoms with Crippen molar-refractivity contribution < 1.29 is 22.7 Å². The van der Waals surface area contributed by atoms with Crippen molar-refractivity contribution in [1.82, 2.24) is 0 Å². The molecule has 0 saturated heterocycles. The average Bonchev–Trinajstić information content (AvgIpc) is 3.43. The van der Waals surface area contributed by atoms with Crippen molar-refractivity contribution >= 4 is 11.4 Å². The molecule has 0 fully saturated rings. The summed E-state index contributed by atoms with van der Waals surface area (Å²) >= 11 is 1.08. The van der Waals surface area contributed by atoms with Crippen LogP contribution >= 0.6 is 0 Å². The summed E-state index contributed by atoms with van der Waals surface area (Å²) in [6.45, 7) is 11.3. The van der Waals surface area contributed by atoms with Crippen LogP contribution in [0.4, 0.5) is 0 Å². The molecule has 1 aliphatic heterocycles. The second-order valence-corrected chi connectivity index (χ2v) is 15.7. The zero-order valence-corrected chi connectivity index (χ0v) is 32.7. The van der Waals surface area contributed by atoms with Gasteiger partial charge in [0.2, 0.25) is 11.4 Å². The van der Waals surface area contributed by atoms with Crippen LogP contribution < -0.4 is 0 Å². The van der Waals surface area contributed by atoms with Gasteiger partial charge in [0.05, 0.1) is 0 Å². The molecule has 3 heteroatoms. The number of nitrogens with zero attached hydrogens (tertiary/aromatic N) is 2. The fourth-order valence-electron chi connectivity index (χ4n) is 6.10. The Morgan fingerprint density at radius 2 is 0.936 bits per heavy atom. The molecule has 1 heterocycles. The number of unbranched alkanes of at least 4 members (excludes halogenated alkanes) is 14. The van der Waals surface area contributed by atoms with Crippen LogP contribution in [0.5, 0.6) is 0 Å². The zero-order chi connectivity index (χ0) is 34.0. The molecule has 47 heavy (non-hydrogen) atoms. The molecule has 0 aromatic heterocycles. The van der Waals surface area contributed by atoms with E-state index in [0.717, 1.165) is 59.8 Å². The van der Waals surface area contributed by atoms with Crippen molar-refractivity contribution in [2.45, 2.75) is 179 Å². The van der Waals surface area contributed by atoms with Crippen LogP contribution in [-0.2, 0) is 30.8 Å². The molecular weight excluding hydrogens is 663 g/mol. The first-order chi connectivity index (χ1) is 23.1. The predicted octanol–water partition coefficient (Wildman–Crippen LogP) is 15.0. The Labute approximate surface area is 300 Å². The third-order valence-corrected chi connectivity index (χ3v) is 11.4. The van der Waals surface area contributed by atoms with Crippen molar-refractivity contribution in [1.29, 1.82) is 0 Å². The Morgan fingerprint density at radius 1 is 0.489 bits per heavy atom. The molecule has 0 saturated carbocycles. The third kappa shape index (κ3) is 16.9. The maximum absolute atomic E-state index is 11.3. The van der Waals surface area contributed by atoms with E-state index in [2.05, 4.69) is 89.2 Å². The SMILES string of the molecule is CCCCCCCCC1=C(c2ccc(CC)cc2)[N+](=[N-])C(c2ccc(CCCCCCCC)cc2)=C1.CCCC[CH2][Pd][CH2]CCCC. The van der Waals surface area contributed by atoms with Crippen molar-refractivity contribution in [2.24, 2.45) is 0 Å². The van der Waals surface area contributed by atoms with Crippen LogP contribution in [0.2, 0.25) is 9.79 Å². The molecule has 2 aromatic carbocycles. The molecule has 2 aromatic rings. The molecule has 2 nitrogen and oxygen atoms in total. The monoisotopic (exact) mass is 732 g/mol. The quantitative estimate of drug-likeness (QED) is 0.0552. The zero-order valence-electron chi connectivity index (χ0n) is 31.2. The molecule has 0 N–H and O–H groups in total. The van der Waals surface area contributed by atoms with Gasteiger partial charge in [-0.25, -0.2) is 4.70 Å². The van der Waals surface area contributed by atoms with Crippen LogP contribution in [0.3, 0.4) is 0 Å². The van der Waals surface area contributed by atoms with E-state index in [-0.39, 0.29) is 0 Å². The van der Waals surface area contributed by atoms with Crippen molar-refractivity contribution in [3.63, 3.8) is 0 Å². The Bertz CT molecular complexity index is 1130. The van der Waals surface area contributed by atoms with Crippen molar-refractivity contribution in [3.05, 3.63) is 88.0 Å². The minimum absolute atomic E-state index is 0.900. The molecule has 0 aliphatic carbocycles. The minimum atomic E-state index is 0.900. The summed E-state index contributed by atoms with van der Waals surface area (Å²) in [6.07, 6.45) is 29.7. The number of allylic oxidation sites excluding steroid dienone is 2. The van der Waals surface area contributed by atoms with Gasteiger partial charge in [0.15, 0.2) is 0 Å². The second-order valence-electron chi connectivity index (χ2n) is 13.4. The van der Waals surface area contributed by atoms with Gasteiger partial charge < -0.3 is 5.53 Å². The van der Waals surface area contributed by atoms with Crippen LogP contribution in [0.1, 0.15) is 179 Å². The van der Waals surface area contributed by atoms with Gasteiger partial charge in [-0.1, -0.05) is 109 Å². The van der Waals surface area contributed by atoms with E-state index in [9.17, 15) is 5.53 Å². The predicted molar refractivity (Wildman–Crippen MR) is 205 cm³/mol. The first kappa shape index (κ1) is 41.4. The van der Waals surface area contributed by atoms with Gasteiger partial charge in [0, 0.05) is 22.8 Å². The fourth-order valence-corrected chi connectivity index (χ4v) is 8.04. The summed E-state index contributed by atoms with van der Waals surface area (Å²) in [6, 6.07) is 17.6. The average molecular weight is 733 g/mol. The summed E-state index contributed by atoms with van der Waals surface area (Å²) < 4.78 is 1.44. The summed E-state index contributed by atoms with van der Waals surface area (Å²) in [5, 5.41) is 0. The van der Waals surface area contributed by atoms with Gasteiger partial charge in [-0.2, -0.15) is 0 Å². The van der Waals surface area contributed by atoms with Gasteiger partial charge >= 0.3 is 80.1 Å². The van der Waals surface area contributed by atoms with Crippen LogP contribution in [0.25, 0.3) is 16.9 Å². The van der Waals surface area contributed by atoms with E-state index in [1.807, 2.05) is 0 Å². The Balaban J connectivity index is 0.000000597. The second kappa shape index (κ2) is 27.1. The van der Waals surface area contributed by atoms with Gasteiger partial charge in [0.1, 0.15) is 0 Å². The number of aryl methyl sites for hydroxylation is 2. The molecule has 0 bridgehead atoms. The summed E-state index contributed by atoms with van der Waals surface area (Å²) in [5.74, 6) is 0. The fraction of sp³-hybridized carbons (Fsp3) is 0.636. The number of hydrogen-bond acceptors (Lipinski definition) is 0. The molecule has 0 unspecified atom stereocenters. The topological polar surface area (TPSA) is 25.3 Å². The van der Waals surface area contributed by atoms with E-state index in [0.29, 0.717) is 0 Å². The molecular formula is C44H70N2Pd. The molecule has 0 atom stereocenters. The molecule has 3 rings (SSSR count). The third-order valence-electron chi connectivity index (χ3n) is 9.21. The normalized spacial score (nSPS) is 12.9. The number of benzene rings is 2. The van der Waals surface area contributed by atoms with Gasteiger partial charge in [0.25, 0.3) is 0 Å². The number of hydrogen-bond donors (Lipinski definition) is 0. The van der Waals surface area contributed by atoms with Gasteiger partial charge in [-0.05, 0) is 67.5 Å². The first-order valence-electron chi connectivity index (χ1n) is 19.7. The van der Waals surface area contributed by atoms with Crippen molar-refractivity contribution in [2.75, 3.05) is 0 Å². The van der Waals surface area contributed by atoms with E-state index in [1.54, 1.807) is 0 Å². The molecule has 266 valence electrons. The standard InChI is InChI=1S/C34H48N2.2C5H11.Pd/c1-4-7-9-11-13-15-17-29-21-23-30(24-22-29)33-27-32(18-16-14-12-10-8-5-2)34(36(33)35)31-25-19-28(6-3)20-26-31;2*1-3-5-4-2;/h19-27H,4-18H2,1-3H3;2*1,3-5H2,2H3;. The van der Waals surface area contributed by atoms with E-state index < -0.39 is 0 Å². The molecule has 1 aliphatic rings. The summed E-state index contributed by atoms with van der Waals surface area (Å²) in [7, 11) is 0. The van der Waals surface area contributed by atoms with Crippen LogP contribution in [-0.4, -0.2) is 4.70 Å².